The molecule has 1 fully saturated rings. The normalized spacial score (nSPS) is 15.3. The lowest BCUT2D eigenvalue weighted by molar-refractivity contribution is 0.0342. The Morgan fingerprint density at radius 2 is 1.90 bits per heavy atom. The Balaban J connectivity index is 1.33. The van der Waals surface area contributed by atoms with Crippen molar-refractivity contribution in [2.45, 2.75) is 6.54 Å². The zero-order valence-corrected chi connectivity index (χ0v) is 16.5. The molecule has 7 heteroatoms. The number of hydrogen-bond acceptors (Lipinski definition) is 4. The third-order valence-corrected chi connectivity index (χ3v) is 5.84. The van der Waals surface area contributed by atoms with E-state index in [0.717, 1.165) is 71.8 Å². The van der Waals surface area contributed by atoms with Gasteiger partial charge in [-0.15, -0.1) is 0 Å². The summed E-state index contributed by atoms with van der Waals surface area (Å²) in [6.45, 7) is 4.60. The first-order chi connectivity index (χ1) is 14.8. The highest BCUT2D eigenvalue weighted by atomic mass is 16.5. The van der Waals surface area contributed by atoms with Crippen LogP contribution < -0.4 is 0 Å². The van der Waals surface area contributed by atoms with Crippen molar-refractivity contribution in [2.24, 2.45) is 0 Å². The quantitative estimate of drug-likeness (QED) is 0.428. The average molecular weight is 398 g/mol. The predicted octanol–water partition coefficient (Wildman–Crippen LogP) is 3.93. The maximum Gasteiger partial charge on any atom is 0.116 e. The van der Waals surface area contributed by atoms with Crippen molar-refractivity contribution in [3.05, 3.63) is 60.4 Å². The standard InChI is InChI=1S/C23H22N6O/c1-4-20-17(9-15(1)14-29-5-7-30-8-6-29)11-22(26-20)23-19-3-2-16(10-21(19)27-28-23)18-12-24-25-13-18/h1-4,9-13,26H,5-8,14H2,(H,24,25)(H,27,28). The minimum atomic E-state index is 0.824. The molecule has 2 aromatic carbocycles. The first-order valence-corrected chi connectivity index (χ1v) is 10.2. The average Bonchev–Trinajstić information content (AvgIpc) is 3.52. The molecule has 1 saturated heterocycles. The van der Waals surface area contributed by atoms with Gasteiger partial charge in [0.2, 0.25) is 0 Å². The third-order valence-electron chi connectivity index (χ3n) is 5.84. The van der Waals surface area contributed by atoms with Crippen LogP contribution in [0, 0.1) is 0 Å². The number of nitrogens with one attached hydrogen (secondary N) is 3. The fourth-order valence-corrected chi connectivity index (χ4v) is 4.24. The van der Waals surface area contributed by atoms with Crippen LogP contribution in [0.1, 0.15) is 5.56 Å². The number of aromatic nitrogens is 5. The number of aromatic amines is 3. The second-order valence-electron chi connectivity index (χ2n) is 7.81. The Morgan fingerprint density at radius 1 is 0.967 bits per heavy atom. The molecule has 0 bridgehead atoms. The molecule has 0 atom stereocenters. The Bertz CT molecular complexity index is 1310. The van der Waals surface area contributed by atoms with E-state index >= 15 is 0 Å². The van der Waals surface area contributed by atoms with Crippen molar-refractivity contribution in [1.82, 2.24) is 30.3 Å². The van der Waals surface area contributed by atoms with Gasteiger partial charge in [-0.3, -0.25) is 15.1 Å². The monoisotopic (exact) mass is 398 g/mol. The van der Waals surface area contributed by atoms with Gasteiger partial charge in [0.05, 0.1) is 30.6 Å². The van der Waals surface area contributed by atoms with Crippen molar-refractivity contribution in [1.29, 1.82) is 0 Å². The molecule has 30 heavy (non-hydrogen) atoms. The van der Waals surface area contributed by atoms with Crippen LogP contribution in [0.5, 0.6) is 0 Å². The molecule has 7 nitrogen and oxygen atoms in total. The van der Waals surface area contributed by atoms with Crippen molar-refractivity contribution in [2.75, 3.05) is 26.3 Å². The highest BCUT2D eigenvalue weighted by molar-refractivity contribution is 5.97. The molecule has 0 aliphatic carbocycles. The summed E-state index contributed by atoms with van der Waals surface area (Å²) in [6.07, 6.45) is 3.72. The molecule has 0 unspecified atom stereocenters. The van der Waals surface area contributed by atoms with Gasteiger partial charge in [0.1, 0.15) is 5.69 Å². The molecule has 3 aromatic heterocycles. The minimum absolute atomic E-state index is 0.824. The molecular formula is C23H22N6O. The lowest BCUT2D eigenvalue weighted by Gasteiger charge is -2.26. The fourth-order valence-electron chi connectivity index (χ4n) is 4.24. The highest BCUT2D eigenvalue weighted by Gasteiger charge is 2.14. The van der Waals surface area contributed by atoms with Crippen molar-refractivity contribution in [3.8, 4) is 22.5 Å². The molecular weight excluding hydrogens is 376 g/mol. The summed E-state index contributed by atoms with van der Waals surface area (Å²) in [6, 6.07) is 15.2. The lowest BCUT2D eigenvalue weighted by atomic mass is 10.1. The summed E-state index contributed by atoms with van der Waals surface area (Å²) < 4.78 is 5.45. The summed E-state index contributed by atoms with van der Waals surface area (Å²) in [4.78, 5) is 5.97. The SMILES string of the molecule is c1cc2[nH]c(-c3n[nH]c4cc(-c5cn[nH]c5)ccc34)cc2cc1CN1CCOCC1. The summed E-state index contributed by atoms with van der Waals surface area (Å²) in [7, 11) is 0. The van der Waals surface area contributed by atoms with E-state index in [1.807, 2.05) is 12.4 Å². The summed E-state index contributed by atoms with van der Waals surface area (Å²) in [5, 5.41) is 17.0. The van der Waals surface area contributed by atoms with E-state index < -0.39 is 0 Å². The number of fused-ring (bicyclic) bond motifs is 2. The van der Waals surface area contributed by atoms with Crippen molar-refractivity contribution in [3.63, 3.8) is 0 Å². The van der Waals surface area contributed by atoms with Crippen LogP contribution in [0.2, 0.25) is 0 Å². The van der Waals surface area contributed by atoms with Gasteiger partial charge in [0, 0.05) is 47.7 Å². The Kier molecular flexibility index (Phi) is 4.14. The highest BCUT2D eigenvalue weighted by Crippen LogP contribution is 2.31. The van der Waals surface area contributed by atoms with Crippen LogP contribution in [0.15, 0.2) is 54.9 Å². The molecule has 1 aliphatic heterocycles. The van der Waals surface area contributed by atoms with Crippen LogP contribution in [0.4, 0.5) is 0 Å². The van der Waals surface area contributed by atoms with Gasteiger partial charge in [-0.2, -0.15) is 10.2 Å². The van der Waals surface area contributed by atoms with Crippen LogP contribution in [-0.2, 0) is 11.3 Å². The van der Waals surface area contributed by atoms with E-state index in [-0.39, 0.29) is 0 Å². The summed E-state index contributed by atoms with van der Waals surface area (Å²) >= 11 is 0. The number of benzene rings is 2. The first kappa shape index (κ1) is 17.4. The number of hydrogen-bond donors (Lipinski definition) is 3. The number of morpholine rings is 1. The molecule has 5 aromatic rings. The number of nitrogens with zero attached hydrogens (tertiary/aromatic N) is 3. The van der Waals surface area contributed by atoms with Crippen LogP contribution in [0.3, 0.4) is 0 Å². The van der Waals surface area contributed by atoms with Gasteiger partial charge in [-0.05, 0) is 41.5 Å². The first-order valence-electron chi connectivity index (χ1n) is 10.2. The Labute approximate surface area is 173 Å². The maximum absolute atomic E-state index is 5.45. The third kappa shape index (κ3) is 3.08. The van der Waals surface area contributed by atoms with E-state index in [4.69, 9.17) is 4.74 Å². The Hall–Kier alpha value is -3.42. The van der Waals surface area contributed by atoms with Crippen LogP contribution >= 0.6 is 0 Å². The number of H-pyrrole nitrogens is 3. The van der Waals surface area contributed by atoms with Crippen LogP contribution in [0.25, 0.3) is 44.3 Å². The smallest absolute Gasteiger partial charge is 0.116 e. The van der Waals surface area contributed by atoms with Gasteiger partial charge in [0.15, 0.2) is 0 Å². The molecule has 150 valence electrons. The second-order valence-corrected chi connectivity index (χ2v) is 7.81. The molecule has 3 N–H and O–H groups in total. The minimum Gasteiger partial charge on any atom is -0.379 e. The second kappa shape index (κ2) is 7.12. The summed E-state index contributed by atoms with van der Waals surface area (Å²) in [5.41, 5.74) is 7.59. The van der Waals surface area contributed by atoms with E-state index in [0.29, 0.717) is 0 Å². The van der Waals surface area contributed by atoms with E-state index in [1.165, 1.54) is 10.9 Å². The predicted molar refractivity (Wildman–Crippen MR) is 117 cm³/mol. The molecule has 4 heterocycles. The van der Waals surface area contributed by atoms with E-state index in [9.17, 15) is 0 Å². The molecule has 0 saturated carbocycles. The van der Waals surface area contributed by atoms with Crippen LogP contribution in [-0.4, -0.2) is 56.6 Å². The number of rotatable bonds is 4. The Morgan fingerprint density at radius 3 is 2.77 bits per heavy atom. The van der Waals surface area contributed by atoms with Crippen molar-refractivity contribution >= 4 is 21.8 Å². The van der Waals surface area contributed by atoms with Gasteiger partial charge in [-0.1, -0.05) is 12.1 Å². The molecule has 0 spiro atoms. The zero-order chi connectivity index (χ0) is 19.9. The van der Waals surface area contributed by atoms with E-state index in [1.54, 1.807) is 0 Å². The molecule has 6 rings (SSSR count). The molecule has 1 aliphatic rings. The van der Waals surface area contributed by atoms with Gasteiger partial charge >= 0.3 is 0 Å². The molecule has 0 amide bonds. The van der Waals surface area contributed by atoms with E-state index in [2.05, 4.69) is 72.7 Å². The topological polar surface area (TPSA) is 85.6 Å². The summed E-state index contributed by atoms with van der Waals surface area (Å²) in [5.74, 6) is 0. The largest absolute Gasteiger partial charge is 0.379 e. The fraction of sp³-hybridized carbons (Fsp3) is 0.217. The van der Waals surface area contributed by atoms with Gasteiger partial charge in [-0.25, -0.2) is 0 Å². The zero-order valence-electron chi connectivity index (χ0n) is 16.5. The lowest BCUT2D eigenvalue weighted by Crippen LogP contribution is -2.35. The number of ether oxygens (including phenoxy) is 1. The van der Waals surface area contributed by atoms with Gasteiger partial charge < -0.3 is 9.72 Å². The maximum atomic E-state index is 5.45. The van der Waals surface area contributed by atoms with Gasteiger partial charge in [0.25, 0.3) is 0 Å². The van der Waals surface area contributed by atoms with Crippen molar-refractivity contribution < 1.29 is 4.74 Å². The molecule has 0 radical (unpaired) electrons.